The third-order valence-electron chi connectivity index (χ3n) is 1.49. The van der Waals surface area contributed by atoms with Crippen molar-refractivity contribution in [3.05, 3.63) is 30.3 Å². The average molecular weight is 439 g/mol. The monoisotopic (exact) mass is 438 g/mol. The van der Waals surface area contributed by atoms with Crippen LogP contribution in [0.15, 0.2) is 30.3 Å². The summed E-state index contributed by atoms with van der Waals surface area (Å²) in [5, 5.41) is 0. The Bertz CT molecular complexity index is 351. The second-order valence-corrected chi connectivity index (χ2v) is 7.19. The van der Waals surface area contributed by atoms with Crippen molar-refractivity contribution < 1.29 is 0 Å². The summed E-state index contributed by atoms with van der Waals surface area (Å²) >= 11 is 20.0. The molecule has 0 saturated heterocycles. The standard InChI is InChI=1S/C6H5.2C3H7NS2.Sb/c1-2-4-6-5-3-1;2*1-4(2)3(5)6;/h1-5H;2*1-2H3,(H,5,6);/p-2. The van der Waals surface area contributed by atoms with Gasteiger partial charge in [-0.05, 0) is 0 Å². The van der Waals surface area contributed by atoms with Crippen molar-refractivity contribution in [3.8, 4) is 0 Å². The van der Waals surface area contributed by atoms with Crippen molar-refractivity contribution in [2.75, 3.05) is 28.2 Å². The van der Waals surface area contributed by atoms with Crippen LogP contribution in [0, 0.1) is 0 Å². The van der Waals surface area contributed by atoms with Gasteiger partial charge >= 0.3 is 56.9 Å². The molecular formula is C12H17N2S4Sb-2. The Hall–Kier alpha value is 0.258. The third-order valence-corrected chi connectivity index (χ3v) is 3.80. The summed E-state index contributed by atoms with van der Waals surface area (Å²) in [5.74, 6) is 0. The molecule has 0 atom stereocenters. The quantitative estimate of drug-likeness (QED) is 0.339. The van der Waals surface area contributed by atoms with E-state index in [1.54, 1.807) is 32.8 Å². The Morgan fingerprint density at radius 1 is 0.895 bits per heavy atom. The molecule has 2 radical (unpaired) electrons. The van der Waals surface area contributed by atoms with E-state index in [1.807, 2.05) is 46.4 Å². The Kier molecular flexibility index (Phi) is 15.0. The van der Waals surface area contributed by atoms with E-state index in [9.17, 15) is 0 Å². The van der Waals surface area contributed by atoms with Gasteiger partial charge in [-0.15, -0.1) is 0 Å². The first-order valence-corrected chi connectivity index (χ1v) is 8.10. The van der Waals surface area contributed by atoms with Crippen LogP contribution >= 0.6 is 24.4 Å². The maximum atomic E-state index is 4.56. The van der Waals surface area contributed by atoms with Crippen molar-refractivity contribution in [3.63, 3.8) is 0 Å². The van der Waals surface area contributed by atoms with E-state index in [1.165, 1.54) is 3.51 Å². The molecule has 7 heteroatoms. The SMILES string of the molecule is CN(C)C(=S)[S-].CN(C)C(=S)[S-].[Sb][c]1ccccc1. The van der Waals surface area contributed by atoms with Gasteiger partial charge in [0.15, 0.2) is 0 Å². The van der Waals surface area contributed by atoms with Crippen molar-refractivity contribution in [2.45, 2.75) is 0 Å². The summed E-state index contributed by atoms with van der Waals surface area (Å²) < 4.78 is 2.39. The molecule has 19 heavy (non-hydrogen) atoms. The molecule has 0 fully saturated rings. The molecule has 0 heterocycles. The van der Waals surface area contributed by atoms with E-state index in [4.69, 9.17) is 0 Å². The number of thiocarbonyl (C=S) groups is 2. The number of benzene rings is 1. The summed E-state index contributed by atoms with van der Waals surface area (Å²) in [5.41, 5.74) is 0. The van der Waals surface area contributed by atoms with Crippen LogP contribution in [0.2, 0.25) is 0 Å². The molecule has 0 aromatic heterocycles. The van der Waals surface area contributed by atoms with Crippen molar-refractivity contribution in [2.24, 2.45) is 0 Å². The number of hydrogen-bond acceptors (Lipinski definition) is 4. The second-order valence-electron chi connectivity index (χ2n) is 3.66. The Morgan fingerprint density at radius 2 is 1.16 bits per heavy atom. The molecule has 1 aromatic rings. The molecule has 2 nitrogen and oxygen atoms in total. The molecule has 0 saturated carbocycles. The molecule has 0 bridgehead atoms. The summed E-state index contributed by atoms with van der Waals surface area (Å²) in [4.78, 5) is 3.43. The van der Waals surface area contributed by atoms with Crippen molar-refractivity contribution in [1.82, 2.24) is 9.80 Å². The Labute approximate surface area is 152 Å². The molecule has 0 unspecified atom stereocenters. The zero-order chi connectivity index (χ0) is 15.4. The fraction of sp³-hybridized carbons (Fsp3) is 0.333. The molecule has 1 rings (SSSR count). The molecule has 0 aliphatic carbocycles. The molecule has 0 aliphatic heterocycles. The number of nitrogens with zero attached hydrogens (tertiary/aromatic N) is 2. The van der Waals surface area contributed by atoms with Crippen LogP contribution < -0.4 is 3.51 Å². The van der Waals surface area contributed by atoms with Crippen LogP contribution in [0.3, 0.4) is 0 Å². The fourth-order valence-electron chi connectivity index (χ4n) is 0.428. The topological polar surface area (TPSA) is 6.48 Å². The van der Waals surface area contributed by atoms with Gasteiger partial charge in [-0.25, -0.2) is 0 Å². The van der Waals surface area contributed by atoms with Crippen LogP contribution in [0.4, 0.5) is 0 Å². The van der Waals surface area contributed by atoms with Crippen LogP contribution in [-0.2, 0) is 25.3 Å². The predicted octanol–water partition coefficient (Wildman–Crippen LogP) is 1.24. The van der Waals surface area contributed by atoms with E-state index < -0.39 is 0 Å². The van der Waals surface area contributed by atoms with E-state index >= 15 is 0 Å². The van der Waals surface area contributed by atoms with Crippen LogP contribution in [0.25, 0.3) is 0 Å². The third kappa shape index (κ3) is 18.3. The Morgan fingerprint density at radius 3 is 1.26 bits per heavy atom. The minimum absolute atomic E-state index is 0.509. The second kappa shape index (κ2) is 13.3. The number of rotatable bonds is 0. The van der Waals surface area contributed by atoms with E-state index in [0.717, 1.165) is 0 Å². The van der Waals surface area contributed by atoms with Gasteiger partial charge in [0.1, 0.15) is 0 Å². The number of hydrogen-bond donors (Lipinski definition) is 0. The zero-order valence-corrected chi connectivity index (χ0v) is 17.2. The molecule has 0 N–H and O–H groups in total. The molecule has 0 amide bonds. The summed E-state index contributed by atoms with van der Waals surface area (Å²) in [6.45, 7) is 0. The summed E-state index contributed by atoms with van der Waals surface area (Å²) in [7, 11) is 7.31. The first-order valence-electron chi connectivity index (χ1n) is 5.19. The maximum absolute atomic E-state index is 4.56. The van der Waals surface area contributed by atoms with Gasteiger partial charge in [-0.3, -0.25) is 0 Å². The minimum atomic E-state index is 0.509. The van der Waals surface area contributed by atoms with Gasteiger partial charge in [0.25, 0.3) is 0 Å². The summed E-state index contributed by atoms with van der Waals surface area (Å²) in [6, 6.07) is 10.3. The zero-order valence-electron chi connectivity index (χ0n) is 11.4. The van der Waals surface area contributed by atoms with Gasteiger partial charge < -0.3 is 59.5 Å². The van der Waals surface area contributed by atoms with Crippen LogP contribution in [0.1, 0.15) is 0 Å². The van der Waals surface area contributed by atoms with Gasteiger partial charge in [0, 0.05) is 28.2 Å². The van der Waals surface area contributed by atoms with Gasteiger partial charge in [-0.2, -0.15) is 0 Å². The van der Waals surface area contributed by atoms with E-state index in [0.29, 0.717) is 8.64 Å². The molecule has 0 spiro atoms. The molecule has 1 aromatic carbocycles. The van der Waals surface area contributed by atoms with Crippen molar-refractivity contribution in [1.29, 1.82) is 0 Å². The van der Waals surface area contributed by atoms with E-state index in [2.05, 4.69) is 61.8 Å². The first kappa shape index (κ1) is 21.6. The molecule has 0 aliphatic rings. The molecular weight excluding hydrogens is 422 g/mol. The first-order chi connectivity index (χ1) is 8.68. The van der Waals surface area contributed by atoms with Gasteiger partial charge in [0.05, 0.1) is 0 Å². The fourth-order valence-corrected chi connectivity index (χ4v) is 0.919. The Balaban J connectivity index is 0. The predicted molar refractivity (Wildman–Crippen MR) is 99.1 cm³/mol. The van der Waals surface area contributed by atoms with Crippen LogP contribution in [0.5, 0.6) is 0 Å². The van der Waals surface area contributed by atoms with Crippen LogP contribution in [-0.4, -0.2) is 69.7 Å². The van der Waals surface area contributed by atoms with E-state index in [-0.39, 0.29) is 0 Å². The van der Waals surface area contributed by atoms with Gasteiger partial charge in [0.2, 0.25) is 0 Å². The normalized spacial score (nSPS) is 8.05. The van der Waals surface area contributed by atoms with Crippen molar-refractivity contribution >= 4 is 84.9 Å². The van der Waals surface area contributed by atoms with Gasteiger partial charge in [-0.1, -0.05) is 8.64 Å². The summed E-state index contributed by atoms with van der Waals surface area (Å²) in [6.07, 6.45) is 0. The average Bonchev–Trinajstić information content (AvgIpc) is 2.31. The molecule has 106 valence electrons.